The first-order chi connectivity index (χ1) is 22.1. The van der Waals surface area contributed by atoms with Crippen LogP contribution in [-0.4, -0.2) is 81.0 Å². The number of hydrogen-bond donors (Lipinski definition) is 2. The summed E-state index contributed by atoms with van der Waals surface area (Å²) >= 11 is 0. The number of likely N-dealkylation sites (tertiary alicyclic amines) is 1. The lowest BCUT2D eigenvalue weighted by Crippen LogP contribution is -2.36. The van der Waals surface area contributed by atoms with Crippen molar-refractivity contribution < 1.29 is 26.3 Å². The topological polar surface area (TPSA) is 93.4 Å². The fourth-order valence-corrected chi connectivity index (χ4v) is 7.11. The number of anilines is 2. The molecule has 1 aliphatic heterocycles. The summed E-state index contributed by atoms with van der Waals surface area (Å²) < 4.78 is 74.8. The average Bonchev–Trinajstić information content (AvgIpc) is 3.55. The van der Waals surface area contributed by atoms with Crippen LogP contribution in [0.25, 0.3) is 22.3 Å². The SMILES string of the molecule is CN1CCC(Nc2cccc3c2cc(-c2cc(CNc4ccc(S(C)(=O)=O)cc4)n(COCC[Si](C)(C)C)n2)n3CC(F)(F)F)CC1. The monoisotopic (exact) mass is 690 g/mol. The molecule has 2 aromatic heterocycles. The van der Waals surface area contributed by atoms with E-state index in [4.69, 9.17) is 9.84 Å². The summed E-state index contributed by atoms with van der Waals surface area (Å²) in [7, 11) is -2.57. The third kappa shape index (κ3) is 9.39. The number of fused-ring (bicyclic) bond motifs is 1. The highest BCUT2D eigenvalue weighted by Crippen LogP contribution is 2.36. The van der Waals surface area contributed by atoms with Crippen LogP contribution in [0, 0.1) is 0 Å². The van der Waals surface area contributed by atoms with Gasteiger partial charge in [-0.15, -0.1) is 0 Å². The first-order valence-corrected chi connectivity index (χ1v) is 21.5. The lowest BCUT2D eigenvalue weighted by molar-refractivity contribution is -0.139. The molecule has 14 heteroatoms. The normalized spacial score (nSPS) is 15.4. The molecule has 2 N–H and O–H groups in total. The number of alkyl halides is 3. The molecular formula is C33H45F3N6O3SSi. The molecule has 1 saturated heterocycles. The molecule has 0 spiro atoms. The summed E-state index contributed by atoms with van der Waals surface area (Å²) in [6, 6.07) is 16.7. The highest BCUT2D eigenvalue weighted by Gasteiger charge is 2.31. The molecule has 0 aliphatic carbocycles. The molecule has 47 heavy (non-hydrogen) atoms. The second kappa shape index (κ2) is 14.0. The van der Waals surface area contributed by atoms with Gasteiger partial charge in [-0.05, 0) is 87.6 Å². The highest BCUT2D eigenvalue weighted by atomic mass is 32.2. The molecule has 0 bridgehead atoms. The molecule has 0 radical (unpaired) electrons. The van der Waals surface area contributed by atoms with E-state index in [-0.39, 0.29) is 17.7 Å². The molecule has 0 atom stereocenters. The molecule has 9 nitrogen and oxygen atoms in total. The Hall–Kier alpha value is -3.33. The van der Waals surface area contributed by atoms with Crippen LogP contribution in [0.3, 0.4) is 0 Å². The molecule has 0 unspecified atom stereocenters. The van der Waals surface area contributed by atoms with Crippen molar-refractivity contribution >= 4 is 40.2 Å². The maximum atomic E-state index is 14.0. The average molecular weight is 691 g/mol. The second-order valence-electron chi connectivity index (χ2n) is 13.7. The third-order valence-corrected chi connectivity index (χ3v) is 11.3. The van der Waals surface area contributed by atoms with Gasteiger partial charge in [-0.1, -0.05) is 25.7 Å². The van der Waals surface area contributed by atoms with Crippen molar-refractivity contribution in [1.29, 1.82) is 0 Å². The maximum absolute atomic E-state index is 14.0. The fraction of sp³-hybridized carbons (Fsp3) is 0.485. The zero-order chi connectivity index (χ0) is 34.0. The van der Waals surface area contributed by atoms with E-state index >= 15 is 0 Å². The number of aromatic nitrogens is 3. The number of ether oxygens (including phenoxy) is 1. The maximum Gasteiger partial charge on any atom is 0.406 e. The van der Waals surface area contributed by atoms with Gasteiger partial charge in [0.25, 0.3) is 0 Å². The van der Waals surface area contributed by atoms with Crippen molar-refractivity contribution in [3.05, 3.63) is 60.3 Å². The van der Waals surface area contributed by atoms with E-state index in [9.17, 15) is 21.6 Å². The van der Waals surface area contributed by atoms with Crippen molar-refractivity contribution in [1.82, 2.24) is 19.2 Å². The molecule has 0 amide bonds. The van der Waals surface area contributed by atoms with Gasteiger partial charge >= 0.3 is 6.18 Å². The van der Waals surface area contributed by atoms with Crippen LogP contribution in [0.2, 0.25) is 25.7 Å². The number of nitrogens with zero attached hydrogens (tertiary/aromatic N) is 4. The Morgan fingerprint density at radius 3 is 2.38 bits per heavy atom. The molecule has 5 rings (SSSR count). The number of sulfone groups is 1. The minimum Gasteiger partial charge on any atom is -0.382 e. The van der Waals surface area contributed by atoms with Crippen molar-refractivity contribution in [3.8, 4) is 11.4 Å². The quantitative estimate of drug-likeness (QED) is 0.117. The van der Waals surface area contributed by atoms with Gasteiger partial charge in [0.1, 0.15) is 19.0 Å². The van der Waals surface area contributed by atoms with E-state index in [0.29, 0.717) is 41.4 Å². The first-order valence-electron chi connectivity index (χ1n) is 15.9. The molecule has 0 saturated carbocycles. The first kappa shape index (κ1) is 35.0. The lowest BCUT2D eigenvalue weighted by atomic mass is 10.0. The van der Waals surface area contributed by atoms with E-state index < -0.39 is 30.6 Å². The Morgan fingerprint density at radius 1 is 1.04 bits per heavy atom. The smallest absolute Gasteiger partial charge is 0.382 e. The van der Waals surface area contributed by atoms with Crippen LogP contribution in [-0.2, 0) is 34.4 Å². The van der Waals surface area contributed by atoms with Gasteiger partial charge in [-0.25, -0.2) is 13.1 Å². The summed E-state index contributed by atoms with van der Waals surface area (Å²) in [5.41, 5.74) is 3.49. The van der Waals surface area contributed by atoms with Gasteiger partial charge in [0.05, 0.1) is 28.3 Å². The standard InChI is InChI=1S/C33H45F3N6O3SSi/c1-40-15-13-25(14-16-40)38-29-7-6-8-31-28(29)20-32(41(31)22-33(34,35)36)30-19-26(42(39-30)23-45-17-18-47(3,4)5)21-37-24-9-11-27(12-10-24)46(2,43)44/h6-12,19-20,25,37-38H,13-18,21-23H2,1-5H3. The van der Waals surface area contributed by atoms with Crippen molar-refractivity contribution in [2.75, 3.05) is 43.6 Å². The van der Waals surface area contributed by atoms with E-state index in [0.717, 1.165) is 49.3 Å². The van der Waals surface area contributed by atoms with Crippen molar-refractivity contribution in [2.45, 2.75) is 75.5 Å². The van der Waals surface area contributed by atoms with Crippen LogP contribution < -0.4 is 10.6 Å². The van der Waals surface area contributed by atoms with Gasteiger partial charge in [-0.2, -0.15) is 18.3 Å². The number of piperidine rings is 1. The van der Waals surface area contributed by atoms with Crippen LogP contribution >= 0.6 is 0 Å². The minimum atomic E-state index is -4.44. The van der Waals surface area contributed by atoms with Gasteiger partial charge in [-0.3, -0.25) is 0 Å². The van der Waals surface area contributed by atoms with Crippen molar-refractivity contribution in [2.24, 2.45) is 0 Å². The lowest BCUT2D eigenvalue weighted by Gasteiger charge is -2.30. The van der Waals surface area contributed by atoms with E-state index in [1.165, 1.54) is 16.7 Å². The Labute approximate surface area is 276 Å². The molecule has 256 valence electrons. The molecular weight excluding hydrogens is 646 g/mol. The summed E-state index contributed by atoms with van der Waals surface area (Å²) in [4.78, 5) is 2.49. The number of hydrogen-bond acceptors (Lipinski definition) is 7. The Balaban J connectivity index is 1.49. The fourth-order valence-electron chi connectivity index (χ4n) is 5.72. The van der Waals surface area contributed by atoms with E-state index in [1.807, 2.05) is 6.07 Å². The van der Waals surface area contributed by atoms with Crippen LogP contribution in [0.4, 0.5) is 24.5 Å². The van der Waals surface area contributed by atoms with Crippen LogP contribution in [0.1, 0.15) is 18.5 Å². The number of rotatable bonds is 13. The molecule has 1 aliphatic rings. The Morgan fingerprint density at radius 2 is 1.74 bits per heavy atom. The minimum absolute atomic E-state index is 0.150. The number of halogens is 3. The summed E-state index contributed by atoms with van der Waals surface area (Å²) in [5, 5.41) is 12.4. The molecule has 4 aromatic rings. The van der Waals surface area contributed by atoms with Gasteiger partial charge < -0.3 is 24.8 Å². The molecule has 2 aromatic carbocycles. The third-order valence-electron chi connectivity index (χ3n) is 8.45. The van der Waals surface area contributed by atoms with Crippen LogP contribution in [0.15, 0.2) is 59.5 Å². The Kier molecular flexibility index (Phi) is 10.4. The summed E-state index contributed by atoms with van der Waals surface area (Å²) in [5.74, 6) is 0. The van der Waals surface area contributed by atoms with Gasteiger partial charge in [0, 0.05) is 43.7 Å². The van der Waals surface area contributed by atoms with Gasteiger partial charge in [0.15, 0.2) is 9.84 Å². The van der Waals surface area contributed by atoms with Crippen molar-refractivity contribution in [3.63, 3.8) is 0 Å². The Bertz CT molecular complexity index is 1770. The summed E-state index contributed by atoms with van der Waals surface area (Å²) in [6.45, 7) is 8.58. The molecule has 3 heterocycles. The number of nitrogens with one attached hydrogen (secondary N) is 2. The van der Waals surface area contributed by atoms with E-state index in [1.54, 1.807) is 41.1 Å². The highest BCUT2D eigenvalue weighted by molar-refractivity contribution is 7.90. The molecule has 1 fully saturated rings. The predicted molar refractivity (Wildman–Crippen MR) is 184 cm³/mol. The zero-order valence-electron chi connectivity index (χ0n) is 27.7. The largest absolute Gasteiger partial charge is 0.406 e. The predicted octanol–water partition coefficient (Wildman–Crippen LogP) is 6.90. The van der Waals surface area contributed by atoms with E-state index in [2.05, 4.69) is 42.2 Å². The summed E-state index contributed by atoms with van der Waals surface area (Å²) in [6.07, 6.45) is -1.37. The zero-order valence-corrected chi connectivity index (χ0v) is 29.5. The second-order valence-corrected chi connectivity index (χ2v) is 21.3. The number of benzene rings is 2. The van der Waals surface area contributed by atoms with Gasteiger partial charge in [0.2, 0.25) is 0 Å². The van der Waals surface area contributed by atoms with Crippen LogP contribution in [0.5, 0.6) is 0 Å².